The number of allylic oxidation sites excluding steroid dienone is 1. The van der Waals surface area contributed by atoms with Crippen LogP contribution in [0.4, 0.5) is 0 Å². The summed E-state index contributed by atoms with van der Waals surface area (Å²) in [5.41, 5.74) is 1.19. The van der Waals surface area contributed by atoms with Crippen molar-refractivity contribution < 1.29 is 5.11 Å². The van der Waals surface area contributed by atoms with Gasteiger partial charge >= 0.3 is 0 Å². The summed E-state index contributed by atoms with van der Waals surface area (Å²) in [4.78, 5) is 0. The van der Waals surface area contributed by atoms with E-state index >= 15 is 0 Å². The first-order valence-corrected chi connectivity index (χ1v) is 2.93. The Hall–Kier alpha value is -0.300. The Morgan fingerprint density at radius 2 is 2.12 bits per heavy atom. The summed E-state index contributed by atoms with van der Waals surface area (Å²) in [6.45, 7) is 6.08. The van der Waals surface area contributed by atoms with Crippen molar-refractivity contribution in [3.05, 3.63) is 11.6 Å². The minimum absolute atomic E-state index is 0.0794. The van der Waals surface area contributed by atoms with Gasteiger partial charge in [0.25, 0.3) is 0 Å². The maximum absolute atomic E-state index is 9.97. The molecule has 0 rings (SSSR count). The molecule has 1 heteroatoms. The molecule has 0 saturated carbocycles. The monoisotopic (exact) mass is 113 g/mol. The number of hydrogen-bond acceptors (Lipinski definition) is 0. The van der Waals surface area contributed by atoms with Crippen LogP contribution in [0.3, 0.4) is 0 Å². The van der Waals surface area contributed by atoms with Crippen molar-refractivity contribution in [3.8, 4) is 0 Å². The van der Waals surface area contributed by atoms with Gasteiger partial charge in [0, 0.05) is 0 Å². The van der Waals surface area contributed by atoms with E-state index in [1.165, 1.54) is 5.57 Å². The van der Waals surface area contributed by atoms with Crippen molar-refractivity contribution in [1.82, 2.24) is 0 Å². The first kappa shape index (κ1) is 7.70. The normalized spacial score (nSPS) is 12.9. The molecule has 1 nitrogen and oxygen atoms in total. The molecule has 0 aliphatic carbocycles. The Balaban J connectivity index is 3.61. The Labute approximate surface area is 51.0 Å². The molecule has 0 saturated heterocycles. The second-order valence-electron chi connectivity index (χ2n) is 2.27. The van der Waals surface area contributed by atoms with Crippen molar-refractivity contribution in [2.45, 2.75) is 20.8 Å². The van der Waals surface area contributed by atoms with Gasteiger partial charge in [0.05, 0.1) is 0 Å². The molecule has 1 radical (unpaired) electrons. The lowest BCUT2D eigenvalue weighted by atomic mass is 10.1. The summed E-state index contributed by atoms with van der Waals surface area (Å²) >= 11 is 0. The van der Waals surface area contributed by atoms with E-state index in [-0.39, 0.29) is 6.61 Å². The fourth-order valence-electron chi connectivity index (χ4n) is 0.367. The fraction of sp³-hybridized carbons (Fsp3) is 0.714. The first-order chi connectivity index (χ1) is 3.68. The van der Waals surface area contributed by atoms with Gasteiger partial charge in [-0.15, -0.1) is 0 Å². The summed E-state index contributed by atoms with van der Waals surface area (Å²) in [6.07, 6.45) is 1.73. The lowest BCUT2D eigenvalue weighted by molar-refractivity contribution is 0.231. The second kappa shape index (κ2) is 3.67. The molecule has 0 amide bonds. The summed E-state index contributed by atoms with van der Waals surface area (Å²) in [5, 5.41) is 9.97. The Kier molecular flexibility index (Phi) is 3.53. The molecule has 0 bridgehead atoms. The van der Waals surface area contributed by atoms with Crippen LogP contribution in [0, 0.1) is 5.92 Å². The number of rotatable bonds is 2. The topological polar surface area (TPSA) is 19.9 Å². The third-order valence-electron chi connectivity index (χ3n) is 1.32. The van der Waals surface area contributed by atoms with Gasteiger partial charge in [-0.2, -0.15) is 0 Å². The molecule has 47 valence electrons. The Morgan fingerprint density at radius 1 is 1.62 bits per heavy atom. The van der Waals surface area contributed by atoms with Gasteiger partial charge < -0.3 is 0 Å². The maximum atomic E-state index is 9.97. The predicted octanol–water partition coefficient (Wildman–Crippen LogP) is 2.02. The molecular weight excluding hydrogens is 100 g/mol. The van der Waals surface area contributed by atoms with E-state index in [4.69, 9.17) is 0 Å². The molecule has 0 aromatic rings. The van der Waals surface area contributed by atoms with Gasteiger partial charge in [-0.1, -0.05) is 25.5 Å². The third-order valence-corrected chi connectivity index (χ3v) is 1.32. The molecule has 0 aromatic heterocycles. The van der Waals surface area contributed by atoms with E-state index in [9.17, 15) is 5.11 Å². The average Bonchev–Trinajstić information content (AvgIpc) is 1.67. The maximum Gasteiger partial charge on any atom is 0.101 e. The highest BCUT2D eigenvalue weighted by molar-refractivity contribution is 5.00. The van der Waals surface area contributed by atoms with Gasteiger partial charge in [-0.3, -0.25) is 0 Å². The Morgan fingerprint density at radius 3 is 2.25 bits per heavy atom. The largest absolute Gasteiger partial charge is 0.232 e. The van der Waals surface area contributed by atoms with Crippen molar-refractivity contribution in [2.24, 2.45) is 5.92 Å². The van der Waals surface area contributed by atoms with E-state index in [0.29, 0.717) is 5.92 Å². The van der Waals surface area contributed by atoms with Crippen LogP contribution in [0.2, 0.25) is 0 Å². The van der Waals surface area contributed by atoms with Crippen molar-refractivity contribution >= 4 is 0 Å². The van der Waals surface area contributed by atoms with Crippen molar-refractivity contribution in [3.63, 3.8) is 0 Å². The third kappa shape index (κ3) is 2.80. The molecule has 0 unspecified atom stereocenters. The van der Waals surface area contributed by atoms with Gasteiger partial charge in [-0.05, 0) is 12.8 Å². The van der Waals surface area contributed by atoms with Crippen molar-refractivity contribution in [2.75, 3.05) is 6.61 Å². The molecule has 0 aliphatic heterocycles. The summed E-state index contributed by atoms with van der Waals surface area (Å²) < 4.78 is 0. The van der Waals surface area contributed by atoms with Crippen LogP contribution in [0.25, 0.3) is 0 Å². The predicted molar refractivity (Wildman–Crippen MR) is 34.1 cm³/mol. The SMILES string of the molecule is C/C(=C\C[O])C(C)C. The van der Waals surface area contributed by atoms with Crippen LogP contribution in [-0.2, 0) is 5.11 Å². The quantitative estimate of drug-likeness (QED) is 0.488. The number of hydrogen-bond donors (Lipinski definition) is 0. The summed E-state index contributed by atoms with van der Waals surface area (Å²) in [7, 11) is 0. The summed E-state index contributed by atoms with van der Waals surface area (Å²) in [5.74, 6) is 0.531. The van der Waals surface area contributed by atoms with Crippen LogP contribution < -0.4 is 0 Å². The highest BCUT2D eigenvalue weighted by atomic mass is 16.2. The van der Waals surface area contributed by atoms with Gasteiger partial charge in [0.15, 0.2) is 0 Å². The molecule has 0 aromatic carbocycles. The fourth-order valence-corrected chi connectivity index (χ4v) is 0.367. The molecule has 0 atom stereocenters. The van der Waals surface area contributed by atoms with Gasteiger partial charge in [0.2, 0.25) is 0 Å². The Bertz CT molecular complexity index is 82.4. The van der Waals surface area contributed by atoms with E-state index < -0.39 is 0 Å². The van der Waals surface area contributed by atoms with Gasteiger partial charge in [-0.25, -0.2) is 5.11 Å². The minimum atomic E-state index is -0.0794. The van der Waals surface area contributed by atoms with Crippen LogP contribution in [0.15, 0.2) is 11.6 Å². The minimum Gasteiger partial charge on any atom is -0.232 e. The lowest BCUT2D eigenvalue weighted by Crippen LogP contribution is -1.88. The van der Waals surface area contributed by atoms with E-state index in [2.05, 4.69) is 13.8 Å². The standard InChI is InChI=1S/C7H13O/c1-6(2)7(3)4-5-8/h4,6H,5H2,1-3H3/b7-4+. The highest BCUT2D eigenvalue weighted by Crippen LogP contribution is 2.05. The van der Waals surface area contributed by atoms with Crippen molar-refractivity contribution in [1.29, 1.82) is 0 Å². The van der Waals surface area contributed by atoms with E-state index in [0.717, 1.165) is 0 Å². The van der Waals surface area contributed by atoms with Crippen LogP contribution >= 0.6 is 0 Å². The first-order valence-electron chi connectivity index (χ1n) is 2.93. The second-order valence-corrected chi connectivity index (χ2v) is 2.27. The van der Waals surface area contributed by atoms with Gasteiger partial charge in [0.1, 0.15) is 6.61 Å². The molecule has 0 fully saturated rings. The van der Waals surface area contributed by atoms with Crippen LogP contribution in [0.1, 0.15) is 20.8 Å². The molecule has 0 N–H and O–H groups in total. The molecule has 8 heavy (non-hydrogen) atoms. The molecule has 0 heterocycles. The van der Waals surface area contributed by atoms with E-state index in [1.54, 1.807) is 6.08 Å². The molecule has 0 aliphatic rings. The van der Waals surface area contributed by atoms with Crippen LogP contribution in [0.5, 0.6) is 0 Å². The zero-order chi connectivity index (χ0) is 6.57. The van der Waals surface area contributed by atoms with E-state index in [1.807, 2.05) is 6.92 Å². The zero-order valence-corrected chi connectivity index (χ0v) is 5.77. The lowest BCUT2D eigenvalue weighted by Gasteiger charge is -2.01. The average molecular weight is 113 g/mol. The zero-order valence-electron chi connectivity index (χ0n) is 5.77. The molecule has 0 spiro atoms. The summed E-state index contributed by atoms with van der Waals surface area (Å²) in [6, 6.07) is 0. The smallest absolute Gasteiger partial charge is 0.101 e. The highest BCUT2D eigenvalue weighted by Gasteiger charge is 1.92. The molecular formula is C7H13O. The van der Waals surface area contributed by atoms with Crippen LogP contribution in [-0.4, -0.2) is 6.61 Å².